The molecule has 0 spiro atoms. The smallest absolute Gasteiger partial charge is 0.147 e. The van der Waals surface area contributed by atoms with E-state index in [-0.39, 0.29) is 24.8 Å². The van der Waals surface area contributed by atoms with Gasteiger partial charge in [-0.25, -0.2) is 0 Å². The Balaban J connectivity index is 0.00000180. The molecule has 0 radical (unpaired) electrons. The first-order valence-electron chi connectivity index (χ1n) is 12.7. The third-order valence-corrected chi connectivity index (χ3v) is 16.0. The molecule has 3 aromatic carbocycles. The maximum absolute atomic E-state index is 6.21. The van der Waals surface area contributed by atoms with E-state index in [0.29, 0.717) is 9.54 Å². The van der Waals surface area contributed by atoms with Crippen molar-refractivity contribution in [3.63, 3.8) is 0 Å². The Bertz CT molecular complexity index is 1320. The van der Waals surface area contributed by atoms with Crippen LogP contribution in [0.2, 0.25) is 28.9 Å². The zero-order valence-corrected chi connectivity index (χ0v) is 28.6. The standard InChI is InChI=1S/C28H29OSi.2CH3.2ClH.H2Si.Zr/c1-30(2,3)29-17-9-12-22-18-20-10-5-7-14-24(20)28(22)26-16-8-15-25-23-13-6-4-11-21(23)19-27(25)26;;;;;;/h4-8,10-11,13-16,18-19,28H,9,12,17H2,1-3H3;2*1H3;2*1H;1H2;. The summed E-state index contributed by atoms with van der Waals surface area (Å²) in [4.78, 5) is 0. The van der Waals surface area contributed by atoms with Crippen LogP contribution in [0.25, 0.3) is 17.2 Å². The Hall–Kier alpha value is -0.743. The first-order chi connectivity index (χ1) is 16.1. The van der Waals surface area contributed by atoms with Crippen LogP contribution in [0.3, 0.4) is 0 Å². The van der Waals surface area contributed by atoms with Gasteiger partial charge in [0.2, 0.25) is 0 Å². The average Bonchev–Trinajstić information content (AvgIpc) is 3.31. The van der Waals surface area contributed by atoms with Gasteiger partial charge in [-0.3, -0.25) is 0 Å². The topological polar surface area (TPSA) is 9.23 Å². The van der Waals surface area contributed by atoms with Crippen molar-refractivity contribution in [2.24, 2.45) is 0 Å². The van der Waals surface area contributed by atoms with E-state index in [4.69, 9.17) is 4.43 Å². The van der Waals surface area contributed by atoms with Crippen LogP contribution >= 0.6 is 24.8 Å². The summed E-state index contributed by atoms with van der Waals surface area (Å²) < 4.78 is 12.1. The van der Waals surface area contributed by atoms with Gasteiger partial charge in [0.15, 0.2) is 0 Å². The molecule has 6 heteroatoms. The van der Waals surface area contributed by atoms with Crippen LogP contribution in [0.4, 0.5) is 0 Å². The van der Waals surface area contributed by atoms with Crippen LogP contribution in [0.5, 0.6) is 0 Å². The molecule has 191 valence electrons. The second-order valence-electron chi connectivity index (χ2n) is 11.7. The van der Waals surface area contributed by atoms with Crippen LogP contribution in [0.1, 0.15) is 50.2 Å². The van der Waals surface area contributed by atoms with Crippen LogP contribution in [-0.2, 0) is 23.3 Å². The fourth-order valence-electron chi connectivity index (χ4n) is 5.98. The molecule has 2 aliphatic carbocycles. The summed E-state index contributed by atoms with van der Waals surface area (Å²) in [6.45, 7) is 10.1. The third kappa shape index (κ3) is 5.80. The second kappa shape index (κ2) is 11.6. The summed E-state index contributed by atoms with van der Waals surface area (Å²) in [5.74, 6) is 0.367. The summed E-state index contributed by atoms with van der Waals surface area (Å²) in [7, 11) is -1.47. The van der Waals surface area contributed by atoms with Crippen molar-refractivity contribution >= 4 is 46.1 Å². The van der Waals surface area contributed by atoms with Crippen LogP contribution < -0.4 is 0 Å². The Kier molecular flexibility index (Phi) is 9.57. The van der Waals surface area contributed by atoms with E-state index < -0.39 is 27.2 Å². The molecule has 1 nitrogen and oxygen atoms in total. The summed E-state index contributed by atoms with van der Waals surface area (Å²) in [6, 6.07) is 25.4. The van der Waals surface area contributed by atoms with Gasteiger partial charge >= 0.3 is 214 Å². The number of rotatable bonds is 7. The van der Waals surface area contributed by atoms with Gasteiger partial charge in [0.25, 0.3) is 0 Å². The van der Waals surface area contributed by atoms with E-state index in [1.165, 1.54) is 22.3 Å². The Morgan fingerprint density at radius 3 is 2.11 bits per heavy atom. The SMILES string of the molecule is C[Si](C)(C)OCCCC1=Cc2ccccc2C1c1cccc2c1[CH]([Zr]([CH3])([CH3])=[SiH2])c1ccccc1-2.Cl.Cl. The predicted octanol–water partition coefficient (Wildman–Crippen LogP) is 8.56. The number of hydrogen-bond acceptors (Lipinski definition) is 1. The quantitative estimate of drug-likeness (QED) is 0.187. The molecule has 2 aliphatic rings. The van der Waals surface area contributed by atoms with Crippen molar-refractivity contribution in [2.45, 2.75) is 51.3 Å². The van der Waals surface area contributed by atoms with Crippen molar-refractivity contribution in [1.29, 1.82) is 0 Å². The molecular weight excluding hydrogens is 595 g/mol. The minimum atomic E-state index is -2.33. The molecule has 0 N–H and O–H groups in total. The maximum atomic E-state index is 6.21. The molecule has 0 bridgehead atoms. The van der Waals surface area contributed by atoms with Crippen molar-refractivity contribution in [1.82, 2.24) is 0 Å². The molecule has 3 aromatic rings. The van der Waals surface area contributed by atoms with E-state index in [1.54, 1.807) is 22.3 Å². The van der Waals surface area contributed by atoms with E-state index >= 15 is 0 Å². The molecule has 5 rings (SSSR count). The fourth-order valence-corrected chi connectivity index (χ4v) is 14.6. The van der Waals surface area contributed by atoms with Gasteiger partial charge < -0.3 is 0 Å². The molecular formula is C30H39Cl2OSi2Zr. The van der Waals surface area contributed by atoms with Crippen molar-refractivity contribution < 1.29 is 23.3 Å². The molecule has 0 saturated carbocycles. The monoisotopic (exact) mass is 631 g/mol. The second-order valence-corrected chi connectivity index (χ2v) is 38.2. The molecule has 0 amide bonds. The minimum absolute atomic E-state index is 0. The minimum Gasteiger partial charge on any atom is -0.147 e. The fraction of sp³-hybridized carbons (Fsp3) is 0.333. The summed E-state index contributed by atoms with van der Waals surface area (Å²) in [5, 5.41) is 0. The number of fused-ring (bicyclic) bond motifs is 4. The average molecular weight is 634 g/mol. The van der Waals surface area contributed by atoms with Gasteiger partial charge in [0, 0.05) is 0 Å². The summed E-state index contributed by atoms with van der Waals surface area (Å²) in [6.07, 6.45) is 4.68. The molecule has 2 unspecified atom stereocenters. The molecule has 0 aliphatic heterocycles. The Labute approximate surface area is 236 Å². The van der Waals surface area contributed by atoms with Gasteiger partial charge in [-0.2, -0.15) is 0 Å². The number of benzene rings is 3. The van der Waals surface area contributed by atoms with Crippen molar-refractivity contribution in [3.05, 3.63) is 100 Å². The number of hydrogen-bond donors (Lipinski definition) is 0. The Morgan fingerprint density at radius 1 is 0.806 bits per heavy atom. The first-order valence-corrected chi connectivity index (χ1v) is 28.3. The largest absolute Gasteiger partial charge is 0.147 e. The molecule has 36 heavy (non-hydrogen) atoms. The van der Waals surface area contributed by atoms with Crippen molar-refractivity contribution in [3.8, 4) is 11.1 Å². The van der Waals surface area contributed by atoms with E-state index in [9.17, 15) is 0 Å². The Morgan fingerprint density at radius 2 is 1.42 bits per heavy atom. The third-order valence-electron chi connectivity index (χ3n) is 7.25. The molecule has 0 aromatic heterocycles. The zero-order chi connectivity index (χ0) is 24.1. The normalized spacial score (nSPS) is 17.9. The van der Waals surface area contributed by atoms with Crippen LogP contribution in [0, 0.1) is 0 Å². The van der Waals surface area contributed by atoms with Crippen LogP contribution in [-0.4, -0.2) is 21.8 Å². The van der Waals surface area contributed by atoms with Crippen molar-refractivity contribution in [2.75, 3.05) is 6.61 Å². The molecule has 2 atom stereocenters. The summed E-state index contributed by atoms with van der Waals surface area (Å²) >= 11 is -2.33. The van der Waals surface area contributed by atoms with Gasteiger partial charge in [0.1, 0.15) is 0 Å². The van der Waals surface area contributed by atoms with Gasteiger partial charge in [0.05, 0.1) is 0 Å². The first kappa shape index (κ1) is 29.8. The van der Waals surface area contributed by atoms with Gasteiger partial charge in [-0.1, -0.05) is 0 Å². The number of halogens is 2. The van der Waals surface area contributed by atoms with E-state index in [2.05, 4.69) is 109 Å². The van der Waals surface area contributed by atoms with Crippen LogP contribution in [0.15, 0.2) is 72.3 Å². The van der Waals surface area contributed by atoms with E-state index in [1.807, 2.05) is 0 Å². The molecule has 0 heterocycles. The van der Waals surface area contributed by atoms with Gasteiger partial charge in [-0.05, 0) is 0 Å². The molecule has 0 fully saturated rings. The van der Waals surface area contributed by atoms with Gasteiger partial charge in [-0.15, -0.1) is 24.8 Å². The predicted molar refractivity (Wildman–Crippen MR) is 163 cm³/mol. The number of allylic oxidation sites excluding steroid dienone is 1. The van der Waals surface area contributed by atoms with E-state index in [0.717, 1.165) is 19.4 Å². The maximum Gasteiger partial charge on any atom is -0.147 e. The summed E-state index contributed by atoms with van der Waals surface area (Å²) in [5.41, 5.74) is 12.2. The zero-order valence-electron chi connectivity index (χ0n) is 22.1. The molecule has 0 saturated heterocycles.